The highest BCUT2D eigenvalue weighted by Gasteiger charge is 2.42. The Morgan fingerprint density at radius 3 is 2.50 bits per heavy atom. The lowest BCUT2D eigenvalue weighted by molar-refractivity contribution is -0.118. The van der Waals surface area contributed by atoms with Gasteiger partial charge in [0.1, 0.15) is 5.82 Å². The molecule has 1 atom stereocenters. The molecule has 1 aromatic carbocycles. The van der Waals surface area contributed by atoms with Crippen LogP contribution in [0.2, 0.25) is 0 Å². The minimum atomic E-state index is -0.392. The summed E-state index contributed by atoms with van der Waals surface area (Å²) >= 11 is 0. The normalized spacial score (nSPS) is 20.5. The maximum Gasteiger partial charge on any atom is 0.255 e. The van der Waals surface area contributed by atoms with Crippen molar-refractivity contribution >= 4 is 17.5 Å². The Bertz CT molecular complexity index is 1060. The number of benzene rings is 1. The van der Waals surface area contributed by atoms with E-state index in [1.165, 1.54) is 0 Å². The molecule has 5 heteroatoms. The standard InChI is InChI=1S/C25H27N3O2/c1-15-10-11-20(26-14-15)28-24(30)21-16(2)27-18-12-25(3,4)13-19(29)23(18)22(21)17-8-6-5-7-9-17/h5-11,14,22,27H,12-13H2,1-4H3,(H,26,28,30)/t22-/m1/s1. The van der Waals surface area contributed by atoms with Crippen LogP contribution in [0.5, 0.6) is 0 Å². The van der Waals surface area contributed by atoms with Gasteiger partial charge in [0.15, 0.2) is 5.78 Å². The third kappa shape index (κ3) is 3.80. The first kappa shape index (κ1) is 20.1. The van der Waals surface area contributed by atoms with Crippen molar-refractivity contribution in [3.05, 3.63) is 82.3 Å². The maximum atomic E-state index is 13.4. The number of ketones is 1. The van der Waals surface area contributed by atoms with Crippen molar-refractivity contribution in [1.29, 1.82) is 0 Å². The van der Waals surface area contributed by atoms with E-state index in [9.17, 15) is 9.59 Å². The number of pyridine rings is 1. The number of dihydropyridines is 1. The first-order chi connectivity index (χ1) is 14.2. The molecule has 2 N–H and O–H groups in total. The molecule has 0 unspecified atom stereocenters. The number of hydrogen-bond acceptors (Lipinski definition) is 4. The Hall–Kier alpha value is -3.21. The van der Waals surface area contributed by atoms with Gasteiger partial charge in [0.25, 0.3) is 5.91 Å². The molecule has 154 valence electrons. The summed E-state index contributed by atoms with van der Waals surface area (Å²) in [5.74, 6) is -0.0339. The summed E-state index contributed by atoms with van der Waals surface area (Å²) in [6.07, 6.45) is 2.98. The van der Waals surface area contributed by atoms with Gasteiger partial charge in [-0.2, -0.15) is 0 Å². The number of carbonyl (C=O) groups is 2. The van der Waals surface area contributed by atoms with Crippen molar-refractivity contribution < 1.29 is 9.59 Å². The molecular weight excluding hydrogens is 374 g/mol. The van der Waals surface area contributed by atoms with Gasteiger partial charge in [0, 0.05) is 41.1 Å². The fraction of sp³-hybridized carbons (Fsp3) is 0.320. The zero-order valence-corrected chi connectivity index (χ0v) is 17.9. The average molecular weight is 402 g/mol. The van der Waals surface area contributed by atoms with Crippen molar-refractivity contribution in [3.63, 3.8) is 0 Å². The summed E-state index contributed by atoms with van der Waals surface area (Å²) in [5, 5.41) is 6.30. The van der Waals surface area contributed by atoms with Crippen molar-refractivity contribution in [2.45, 2.75) is 46.5 Å². The Labute approximate surface area is 177 Å². The van der Waals surface area contributed by atoms with Crippen LogP contribution in [0.15, 0.2) is 71.2 Å². The molecule has 2 heterocycles. The third-order valence-corrected chi connectivity index (χ3v) is 5.77. The van der Waals surface area contributed by atoms with Crippen LogP contribution >= 0.6 is 0 Å². The van der Waals surface area contributed by atoms with Crippen LogP contribution in [0.4, 0.5) is 5.82 Å². The zero-order chi connectivity index (χ0) is 21.5. The first-order valence-corrected chi connectivity index (χ1v) is 10.3. The van der Waals surface area contributed by atoms with Crippen LogP contribution in [0.25, 0.3) is 0 Å². The summed E-state index contributed by atoms with van der Waals surface area (Å²) in [4.78, 5) is 30.9. The molecule has 5 nitrogen and oxygen atoms in total. The van der Waals surface area contributed by atoms with E-state index < -0.39 is 5.92 Å². The Morgan fingerprint density at radius 1 is 1.10 bits per heavy atom. The lowest BCUT2D eigenvalue weighted by atomic mass is 9.68. The van der Waals surface area contributed by atoms with Gasteiger partial charge in [-0.1, -0.05) is 50.2 Å². The van der Waals surface area contributed by atoms with Gasteiger partial charge in [-0.05, 0) is 42.9 Å². The van der Waals surface area contributed by atoms with E-state index in [2.05, 4.69) is 29.5 Å². The number of aromatic nitrogens is 1. The fourth-order valence-corrected chi connectivity index (χ4v) is 4.44. The van der Waals surface area contributed by atoms with Crippen molar-refractivity contribution in [3.8, 4) is 0 Å². The number of anilines is 1. The quantitative estimate of drug-likeness (QED) is 0.786. The molecule has 30 heavy (non-hydrogen) atoms. The lowest BCUT2D eigenvalue weighted by Gasteiger charge is -2.39. The first-order valence-electron chi connectivity index (χ1n) is 10.3. The number of amides is 1. The minimum Gasteiger partial charge on any atom is -0.362 e. The van der Waals surface area contributed by atoms with Gasteiger partial charge in [0.05, 0.1) is 0 Å². The number of aryl methyl sites for hydroxylation is 1. The lowest BCUT2D eigenvalue weighted by Crippen LogP contribution is -2.39. The molecule has 1 aliphatic carbocycles. The second-order valence-electron chi connectivity index (χ2n) is 9.02. The zero-order valence-electron chi connectivity index (χ0n) is 17.9. The third-order valence-electron chi connectivity index (χ3n) is 5.77. The Kier molecular flexibility index (Phi) is 5.06. The molecule has 0 saturated carbocycles. The molecule has 2 aromatic rings. The van der Waals surface area contributed by atoms with E-state index >= 15 is 0 Å². The fourth-order valence-electron chi connectivity index (χ4n) is 4.44. The largest absolute Gasteiger partial charge is 0.362 e. The number of rotatable bonds is 3. The van der Waals surface area contributed by atoms with Gasteiger partial charge in [-0.25, -0.2) is 4.98 Å². The van der Waals surface area contributed by atoms with Crippen molar-refractivity contribution in [1.82, 2.24) is 10.3 Å². The van der Waals surface area contributed by atoms with Crippen LogP contribution < -0.4 is 10.6 Å². The minimum absolute atomic E-state index is 0.101. The predicted octanol–water partition coefficient (Wildman–Crippen LogP) is 4.63. The summed E-state index contributed by atoms with van der Waals surface area (Å²) in [6.45, 7) is 8.08. The van der Waals surface area contributed by atoms with Crippen LogP contribution in [0, 0.1) is 12.3 Å². The van der Waals surface area contributed by atoms with E-state index in [4.69, 9.17) is 0 Å². The summed E-state index contributed by atoms with van der Waals surface area (Å²) in [7, 11) is 0. The van der Waals surface area contributed by atoms with Crippen LogP contribution in [0.3, 0.4) is 0 Å². The average Bonchev–Trinajstić information content (AvgIpc) is 2.68. The molecule has 1 aromatic heterocycles. The van der Waals surface area contributed by atoms with Crippen LogP contribution in [-0.4, -0.2) is 16.7 Å². The van der Waals surface area contributed by atoms with E-state index in [0.29, 0.717) is 23.4 Å². The molecule has 2 aliphatic rings. The molecule has 0 fully saturated rings. The van der Waals surface area contributed by atoms with Crippen LogP contribution in [-0.2, 0) is 9.59 Å². The number of allylic oxidation sites excluding steroid dienone is 3. The van der Waals surface area contributed by atoms with Gasteiger partial charge < -0.3 is 10.6 Å². The number of Topliss-reactive ketones (excluding diaryl/α,β-unsaturated/α-hetero) is 1. The molecule has 0 bridgehead atoms. The van der Waals surface area contributed by atoms with E-state index in [1.807, 2.05) is 50.2 Å². The number of hydrogen-bond donors (Lipinski definition) is 2. The molecule has 0 radical (unpaired) electrons. The highest BCUT2D eigenvalue weighted by atomic mass is 16.2. The van der Waals surface area contributed by atoms with Crippen molar-refractivity contribution in [2.24, 2.45) is 5.41 Å². The van der Waals surface area contributed by atoms with Gasteiger partial charge in [0.2, 0.25) is 0 Å². The molecule has 4 rings (SSSR count). The van der Waals surface area contributed by atoms with Gasteiger partial charge >= 0.3 is 0 Å². The van der Waals surface area contributed by atoms with Crippen LogP contribution in [0.1, 0.15) is 50.7 Å². The number of carbonyl (C=O) groups excluding carboxylic acids is 2. The SMILES string of the molecule is CC1=C(C(=O)Nc2ccc(C)cn2)[C@@H](c2ccccc2)C2=C(CC(C)(C)CC2=O)N1. The molecule has 0 spiro atoms. The second-order valence-corrected chi connectivity index (χ2v) is 9.02. The van der Waals surface area contributed by atoms with Crippen molar-refractivity contribution in [2.75, 3.05) is 5.32 Å². The second kappa shape index (κ2) is 7.56. The summed E-state index contributed by atoms with van der Waals surface area (Å²) < 4.78 is 0. The molecule has 0 saturated heterocycles. The maximum absolute atomic E-state index is 13.4. The molecule has 1 amide bonds. The molecule has 1 aliphatic heterocycles. The van der Waals surface area contributed by atoms with Gasteiger partial charge in [-0.3, -0.25) is 9.59 Å². The highest BCUT2D eigenvalue weighted by Crippen LogP contribution is 2.46. The van der Waals surface area contributed by atoms with E-state index in [0.717, 1.165) is 28.9 Å². The van der Waals surface area contributed by atoms with Gasteiger partial charge in [-0.15, -0.1) is 0 Å². The summed E-state index contributed by atoms with van der Waals surface area (Å²) in [6, 6.07) is 13.5. The number of nitrogens with one attached hydrogen (secondary N) is 2. The molecular formula is C25H27N3O2. The smallest absolute Gasteiger partial charge is 0.255 e. The van der Waals surface area contributed by atoms with E-state index in [1.54, 1.807) is 12.3 Å². The highest BCUT2D eigenvalue weighted by molar-refractivity contribution is 6.09. The number of nitrogens with zero attached hydrogens (tertiary/aromatic N) is 1. The predicted molar refractivity (Wildman–Crippen MR) is 118 cm³/mol. The van der Waals surface area contributed by atoms with E-state index in [-0.39, 0.29) is 17.1 Å². The Morgan fingerprint density at radius 2 is 1.83 bits per heavy atom. The summed E-state index contributed by atoms with van der Waals surface area (Å²) in [5.41, 5.74) is 4.86. The monoisotopic (exact) mass is 401 g/mol. The Balaban J connectivity index is 1.78. The topological polar surface area (TPSA) is 71.1 Å².